The molecule has 0 aromatic heterocycles. The van der Waals surface area contributed by atoms with Crippen LogP contribution in [0.1, 0.15) is 19.3 Å². The number of carbonyl (C=O) groups excluding carboxylic acids is 1. The summed E-state index contributed by atoms with van der Waals surface area (Å²) in [7, 11) is 2.17. The summed E-state index contributed by atoms with van der Waals surface area (Å²) in [6.07, 6.45) is 4.35. The molecular formula is C13H24N2O2. The summed E-state index contributed by atoms with van der Waals surface area (Å²) < 4.78 is 5.50. The van der Waals surface area contributed by atoms with Gasteiger partial charge in [-0.2, -0.15) is 0 Å². The lowest BCUT2D eigenvalue weighted by Crippen LogP contribution is -2.45. The number of ether oxygens (including phenoxy) is 1. The quantitative estimate of drug-likeness (QED) is 0.677. The summed E-state index contributed by atoms with van der Waals surface area (Å²) in [5.74, 6) is 0. The Bertz CT molecular complexity index is 252. The number of aldehydes is 1. The molecule has 2 saturated heterocycles. The van der Waals surface area contributed by atoms with Gasteiger partial charge in [-0.05, 0) is 39.4 Å². The van der Waals surface area contributed by atoms with Crippen molar-refractivity contribution in [1.29, 1.82) is 0 Å². The van der Waals surface area contributed by atoms with Gasteiger partial charge in [0.05, 0.1) is 12.0 Å². The minimum absolute atomic E-state index is 0.235. The Morgan fingerprint density at radius 2 is 2.12 bits per heavy atom. The standard InChI is InChI=1S/C13H24N2O2/c1-14-5-3-6-15(8-7-14)10-13(11-16)4-2-9-17-12-13/h11H,2-10,12H2,1H3. The molecule has 4 heteroatoms. The third kappa shape index (κ3) is 3.50. The van der Waals surface area contributed by atoms with Gasteiger partial charge in [-0.15, -0.1) is 0 Å². The van der Waals surface area contributed by atoms with Crippen LogP contribution in [-0.4, -0.2) is 69.1 Å². The number of hydrogen-bond donors (Lipinski definition) is 0. The van der Waals surface area contributed by atoms with Gasteiger partial charge in [-0.25, -0.2) is 0 Å². The van der Waals surface area contributed by atoms with Crippen LogP contribution in [0.2, 0.25) is 0 Å². The Labute approximate surface area is 104 Å². The second-order valence-corrected chi connectivity index (χ2v) is 5.57. The van der Waals surface area contributed by atoms with Crippen LogP contribution in [0.5, 0.6) is 0 Å². The Hall–Kier alpha value is -0.450. The van der Waals surface area contributed by atoms with Crippen molar-refractivity contribution in [2.75, 3.05) is 53.0 Å². The number of rotatable bonds is 3. The van der Waals surface area contributed by atoms with Gasteiger partial charge in [0.1, 0.15) is 6.29 Å². The zero-order valence-electron chi connectivity index (χ0n) is 10.9. The maximum atomic E-state index is 11.4. The lowest BCUT2D eigenvalue weighted by atomic mass is 9.83. The van der Waals surface area contributed by atoms with E-state index in [1.807, 2.05) is 0 Å². The number of nitrogens with zero attached hydrogens (tertiary/aromatic N) is 2. The Morgan fingerprint density at radius 1 is 1.24 bits per heavy atom. The van der Waals surface area contributed by atoms with Gasteiger partial charge in [0.2, 0.25) is 0 Å². The summed E-state index contributed by atoms with van der Waals surface area (Å²) in [6.45, 7) is 6.77. The number of hydrogen-bond acceptors (Lipinski definition) is 4. The average molecular weight is 240 g/mol. The number of likely N-dealkylation sites (N-methyl/N-ethyl adjacent to an activating group) is 1. The fourth-order valence-electron chi connectivity index (χ4n) is 2.83. The van der Waals surface area contributed by atoms with E-state index < -0.39 is 0 Å². The molecule has 1 unspecified atom stereocenters. The SMILES string of the molecule is CN1CCCN(CC2(C=O)CCCOC2)CC1. The highest BCUT2D eigenvalue weighted by Gasteiger charge is 2.34. The van der Waals surface area contributed by atoms with Gasteiger partial charge < -0.3 is 19.3 Å². The minimum Gasteiger partial charge on any atom is -0.380 e. The van der Waals surface area contributed by atoms with Crippen molar-refractivity contribution in [3.05, 3.63) is 0 Å². The predicted molar refractivity (Wildman–Crippen MR) is 67.1 cm³/mol. The van der Waals surface area contributed by atoms with E-state index in [0.717, 1.165) is 51.9 Å². The van der Waals surface area contributed by atoms with Gasteiger partial charge in [-0.3, -0.25) is 0 Å². The highest BCUT2D eigenvalue weighted by molar-refractivity contribution is 5.60. The molecule has 0 aromatic rings. The third-order valence-corrected chi connectivity index (χ3v) is 3.95. The summed E-state index contributed by atoms with van der Waals surface area (Å²) in [5.41, 5.74) is -0.235. The van der Waals surface area contributed by atoms with Gasteiger partial charge in [0.25, 0.3) is 0 Å². The van der Waals surface area contributed by atoms with E-state index >= 15 is 0 Å². The molecule has 0 aliphatic carbocycles. The topological polar surface area (TPSA) is 32.8 Å². The van der Waals surface area contributed by atoms with Crippen LogP contribution in [-0.2, 0) is 9.53 Å². The first-order valence-corrected chi connectivity index (χ1v) is 6.69. The largest absolute Gasteiger partial charge is 0.380 e. The highest BCUT2D eigenvalue weighted by Crippen LogP contribution is 2.27. The van der Waals surface area contributed by atoms with E-state index in [0.29, 0.717) is 6.61 Å². The fourth-order valence-corrected chi connectivity index (χ4v) is 2.83. The van der Waals surface area contributed by atoms with Crippen LogP contribution in [0.4, 0.5) is 0 Å². The van der Waals surface area contributed by atoms with E-state index in [9.17, 15) is 4.79 Å². The average Bonchev–Trinajstić information content (AvgIpc) is 2.56. The molecule has 4 nitrogen and oxygen atoms in total. The van der Waals surface area contributed by atoms with Crippen molar-refractivity contribution in [2.45, 2.75) is 19.3 Å². The molecule has 0 N–H and O–H groups in total. The van der Waals surface area contributed by atoms with Crippen molar-refractivity contribution >= 4 is 6.29 Å². The molecule has 2 aliphatic heterocycles. The van der Waals surface area contributed by atoms with Gasteiger partial charge in [-0.1, -0.05) is 0 Å². The molecule has 0 amide bonds. The Balaban J connectivity index is 1.91. The first-order chi connectivity index (χ1) is 8.24. The lowest BCUT2D eigenvalue weighted by molar-refractivity contribution is -0.125. The maximum Gasteiger partial charge on any atom is 0.129 e. The van der Waals surface area contributed by atoms with E-state index in [1.54, 1.807) is 0 Å². The van der Waals surface area contributed by atoms with Crippen LogP contribution >= 0.6 is 0 Å². The summed E-state index contributed by atoms with van der Waals surface area (Å²) in [5, 5.41) is 0. The van der Waals surface area contributed by atoms with Crippen molar-refractivity contribution < 1.29 is 9.53 Å². The van der Waals surface area contributed by atoms with E-state index in [-0.39, 0.29) is 5.41 Å². The van der Waals surface area contributed by atoms with Gasteiger partial charge >= 0.3 is 0 Å². The van der Waals surface area contributed by atoms with Crippen molar-refractivity contribution in [2.24, 2.45) is 5.41 Å². The molecule has 1 atom stereocenters. The smallest absolute Gasteiger partial charge is 0.129 e. The molecule has 0 saturated carbocycles. The van der Waals surface area contributed by atoms with Gasteiger partial charge in [0, 0.05) is 26.2 Å². The summed E-state index contributed by atoms with van der Waals surface area (Å²) in [6, 6.07) is 0. The van der Waals surface area contributed by atoms with Crippen molar-refractivity contribution in [3.63, 3.8) is 0 Å². The first kappa shape index (κ1) is 13.0. The molecule has 98 valence electrons. The van der Waals surface area contributed by atoms with Crippen molar-refractivity contribution in [3.8, 4) is 0 Å². The summed E-state index contributed by atoms with van der Waals surface area (Å²) in [4.78, 5) is 16.2. The second kappa shape index (κ2) is 5.94. The first-order valence-electron chi connectivity index (χ1n) is 6.69. The molecule has 0 bridgehead atoms. The molecule has 0 radical (unpaired) electrons. The van der Waals surface area contributed by atoms with Crippen LogP contribution in [0.15, 0.2) is 0 Å². The summed E-state index contributed by atoms with van der Waals surface area (Å²) >= 11 is 0. The van der Waals surface area contributed by atoms with Crippen LogP contribution in [0.25, 0.3) is 0 Å². The Morgan fingerprint density at radius 3 is 2.82 bits per heavy atom. The number of carbonyl (C=O) groups is 1. The van der Waals surface area contributed by atoms with Crippen LogP contribution < -0.4 is 0 Å². The fraction of sp³-hybridized carbons (Fsp3) is 0.923. The zero-order chi connectivity index (χ0) is 12.1. The molecule has 0 spiro atoms. The van der Waals surface area contributed by atoms with Crippen molar-refractivity contribution in [1.82, 2.24) is 9.80 Å². The maximum absolute atomic E-state index is 11.4. The minimum atomic E-state index is -0.235. The molecule has 0 aromatic carbocycles. The molecule has 2 fully saturated rings. The normalized spacial score (nSPS) is 33.2. The van der Waals surface area contributed by atoms with E-state index in [1.165, 1.54) is 13.0 Å². The van der Waals surface area contributed by atoms with E-state index in [4.69, 9.17) is 4.74 Å². The predicted octanol–water partition coefficient (Wildman–Crippen LogP) is 0.620. The highest BCUT2D eigenvalue weighted by atomic mass is 16.5. The second-order valence-electron chi connectivity index (χ2n) is 5.57. The molecule has 2 rings (SSSR count). The van der Waals surface area contributed by atoms with Crippen LogP contribution in [0.3, 0.4) is 0 Å². The van der Waals surface area contributed by atoms with Gasteiger partial charge in [0.15, 0.2) is 0 Å². The molecule has 17 heavy (non-hydrogen) atoms. The molecular weight excluding hydrogens is 216 g/mol. The molecule has 2 heterocycles. The lowest BCUT2D eigenvalue weighted by Gasteiger charge is -2.36. The monoisotopic (exact) mass is 240 g/mol. The third-order valence-electron chi connectivity index (χ3n) is 3.95. The Kier molecular flexibility index (Phi) is 4.54. The molecule has 2 aliphatic rings. The van der Waals surface area contributed by atoms with E-state index in [2.05, 4.69) is 16.8 Å². The zero-order valence-corrected chi connectivity index (χ0v) is 10.9. The van der Waals surface area contributed by atoms with Crippen LogP contribution in [0, 0.1) is 5.41 Å².